The standard InChI is InChI=1S/C26H20N2O4/c1-17-8-12-20(13-9-17)25(29)24(28-32-26(30)21-14-10-18(2)11-15-21)23-22(16-31-27-23)19-6-4-3-5-7-19/h3-16H,1-2H3/b28-24+. The summed E-state index contributed by atoms with van der Waals surface area (Å²) in [4.78, 5) is 31.0. The van der Waals surface area contributed by atoms with E-state index in [9.17, 15) is 9.59 Å². The molecular weight excluding hydrogens is 404 g/mol. The van der Waals surface area contributed by atoms with E-state index in [-0.39, 0.29) is 11.4 Å². The van der Waals surface area contributed by atoms with Crippen LogP contribution in [-0.2, 0) is 4.84 Å². The van der Waals surface area contributed by atoms with Crippen LogP contribution in [0, 0.1) is 13.8 Å². The van der Waals surface area contributed by atoms with Crippen LogP contribution in [0.3, 0.4) is 0 Å². The number of nitrogens with zero attached hydrogens (tertiary/aromatic N) is 2. The van der Waals surface area contributed by atoms with Gasteiger partial charge in [0.15, 0.2) is 5.71 Å². The van der Waals surface area contributed by atoms with Gasteiger partial charge in [-0.15, -0.1) is 0 Å². The molecular formula is C26H20N2O4. The Kier molecular flexibility index (Phi) is 6.03. The van der Waals surface area contributed by atoms with Crippen molar-refractivity contribution in [1.82, 2.24) is 5.16 Å². The summed E-state index contributed by atoms with van der Waals surface area (Å²) in [6.07, 6.45) is 1.43. The smallest absolute Gasteiger partial charge is 0.363 e. The van der Waals surface area contributed by atoms with E-state index in [1.807, 2.05) is 56.3 Å². The summed E-state index contributed by atoms with van der Waals surface area (Å²) >= 11 is 0. The van der Waals surface area contributed by atoms with Crippen molar-refractivity contribution in [3.05, 3.63) is 113 Å². The van der Waals surface area contributed by atoms with E-state index >= 15 is 0 Å². The molecule has 6 nitrogen and oxygen atoms in total. The molecule has 0 bridgehead atoms. The van der Waals surface area contributed by atoms with Crippen molar-refractivity contribution in [2.45, 2.75) is 13.8 Å². The quantitative estimate of drug-likeness (QED) is 0.179. The molecule has 4 aromatic rings. The summed E-state index contributed by atoms with van der Waals surface area (Å²) in [5.74, 6) is -1.11. The summed E-state index contributed by atoms with van der Waals surface area (Å²) in [6.45, 7) is 3.85. The number of aryl methyl sites for hydroxylation is 2. The highest BCUT2D eigenvalue weighted by Gasteiger charge is 2.25. The van der Waals surface area contributed by atoms with Gasteiger partial charge in [0.1, 0.15) is 12.0 Å². The molecule has 0 aliphatic carbocycles. The first-order chi connectivity index (χ1) is 15.5. The molecule has 0 atom stereocenters. The molecule has 0 amide bonds. The van der Waals surface area contributed by atoms with E-state index in [0.717, 1.165) is 16.7 Å². The molecule has 158 valence electrons. The van der Waals surface area contributed by atoms with E-state index in [2.05, 4.69) is 10.3 Å². The Balaban J connectivity index is 1.74. The predicted molar refractivity (Wildman–Crippen MR) is 121 cm³/mol. The Labute approximate surface area is 185 Å². The maximum Gasteiger partial charge on any atom is 0.365 e. The molecule has 1 aromatic heterocycles. The Morgan fingerprint density at radius 3 is 2.03 bits per heavy atom. The van der Waals surface area contributed by atoms with Gasteiger partial charge in [-0.3, -0.25) is 4.79 Å². The normalized spacial score (nSPS) is 11.2. The fraction of sp³-hybridized carbons (Fsp3) is 0.0769. The molecule has 1 heterocycles. The molecule has 0 radical (unpaired) electrons. The van der Waals surface area contributed by atoms with E-state index in [1.54, 1.807) is 36.4 Å². The molecule has 6 heteroatoms. The number of benzene rings is 3. The number of carbonyl (C=O) groups is 2. The van der Waals surface area contributed by atoms with Crippen molar-refractivity contribution >= 4 is 17.5 Å². The van der Waals surface area contributed by atoms with Crippen LogP contribution in [0.1, 0.15) is 37.5 Å². The Morgan fingerprint density at radius 1 is 0.812 bits per heavy atom. The molecule has 0 saturated carbocycles. The van der Waals surface area contributed by atoms with Crippen LogP contribution in [0.5, 0.6) is 0 Å². The number of rotatable bonds is 6. The first-order valence-electron chi connectivity index (χ1n) is 10.0. The second kappa shape index (κ2) is 9.22. The molecule has 4 rings (SSSR count). The highest BCUT2D eigenvalue weighted by atomic mass is 16.7. The fourth-order valence-corrected chi connectivity index (χ4v) is 3.09. The average Bonchev–Trinajstić information content (AvgIpc) is 3.30. The number of aromatic nitrogens is 1. The van der Waals surface area contributed by atoms with E-state index in [1.165, 1.54) is 6.26 Å². The Morgan fingerprint density at radius 2 is 1.41 bits per heavy atom. The fourth-order valence-electron chi connectivity index (χ4n) is 3.09. The van der Waals surface area contributed by atoms with Gasteiger partial charge in [-0.2, -0.15) is 0 Å². The number of hydrogen-bond donors (Lipinski definition) is 0. The zero-order chi connectivity index (χ0) is 22.5. The first kappa shape index (κ1) is 20.9. The summed E-state index contributed by atoms with van der Waals surface area (Å²) in [7, 11) is 0. The molecule has 0 unspecified atom stereocenters. The minimum absolute atomic E-state index is 0.123. The van der Waals surface area contributed by atoms with Crippen LogP contribution in [0.2, 0.25) is 0 Å². The van der Waals surface area contributed by atoms with Gasteiger partial charge in [-0.25, -0.2) is 4.79 Å². The lowest BCUT2D eigenvalue weighted by Crippen LogP contribution is -2.19. The van der Waals surface area contributed by atoms with Crippen LogP contribution < -0.4 is 0 Å². The molecule has 0 spiro atoms. The van der Waals surface area contributed by atoms with Crippen molar-refractivity contribution in [1.29, 1.82) is 0 Å². The number of Topliss-reactive ketones (excluding diaryl/α,β-unsaturated/α-hetero) is 1. The lowest BCUT2D eigenvalue weighted by molar-refractivity contribution is 0.0516. The molecule has 0 aliphatic rings. The van der Waals surface area contributed by atoms with Crippen LogP contribution in [-0.4, -0.2) is 22.6 Å². The highest BCUT2D eigenvalue weighted by Crippen LogP contribution is 2.25. The molecule has 0 saturated heterocycles. The van der Waals surface area contributed by atoms with Gasteiger partial charge in [0.25, 0.3) is 0 Å². The number of ketones is 1. The molecule has 0 fully saturated rings. The summed E-state index contributed by atoms with van der Waals surface area (Å²) in [6, 6.07) is 23.2. The molecule has 0 N–H and O–H groups in total. The van der Waals surface area contributed by atoms with Crippen molar-refractivity contribution in [3.63, 3.8) is 0 Å². The Hall–Kier alpha value is -4.32. The van der Waals surface area contributed by atoms with Crippen molar-refractivity contribution in [2.24, 2.45) is 5.16 Å². The van der Waals surface area contributed by atoms with Gasteiger partial charge in [0.2, 0.25) is 5.78 Å². The minimum Gasteiger partial charge on any atom is -0.363 e. The van der Waals surface area contributed by atoms with Crippen LogP contribution >= 0.6 is 0 Å². The second-order valence-corrected chi connectivity index (χ2v) is 7.32. The maximum absolute atomic E-state index is 13.3. The number of carbonyl (C=O) groups excluding carboxylic acids is 2. The van der Waals surface area contributed by atoms with Crippen molar-refractivity contribution in [3.8, 4) is 11.1 Å². The van der Waals surface area contributed by atoms with Crippen LogP contribution in [0.15, 0.2) is 94.8 Å². The SMILES string of the molecule is Cc1ccc(C(=O)O/N=C(/C(=O)c2ccc(C)cc2)c2nocc2-c2ccccc2)cc1. The van der Waals surface area contributed by atoms with Crippen LogP contribution in [0.25, 0.3) is 11.1 Å². The van der Waals surface area contributed by atoms with Crippen LogP contribution in [0.4, 0.5) is 0 Å². The number of hydrogen-bond acceptors (Lipinski definition) is 6. The van der Waals surface area contributed by atoms with Gasteiger partial charge in [0, 0.05) is 5.56 Å². The van der Waals surface area contributed by atoms with Gasteiger partial charge in [-0.05, 0) is 31.5 Å². The zero-order valence-electron chi connectivity index (χ0n) is 17.6. The molecule has 3 aromatic carbocycles. The first-order valence-corrected chi connectivity index (χ1v) is 10.0. The summed E-state index contributed by atoms with van der Waals surface area (Å²) < 4.78 is 5.17. The lowest BCUT2D eigenvalue weighted by atomic mass is 9.98. The third kappa shape index (κ3) is 4.54. The largest absolute Gasteiger partial charge is 0.365 e. The average molecular weight is 424 g/mol. The van der Waals surface area contributed by atoms with E-state index in [0.29, 0.717) is 16.7 Å². The van der Waals surface area contributed by atoms with Crippen molar-refractivity contribution < 1.29 is 18.9 Å². The predicted octanol–water partition coefficient (Wildman–Crippen LogP) is 5.40. The van der Waals surface area contributed by atoms with E-state index < -0.39 is 11.8 Å². The van der Waals surface area contributed by atoms with Gasteiger partial charge < -0.3 is 9.36 Å². The Bertz CT molecular complexity index is 1270. The minimum atomic E-state index is -0.677. The van der Waals surface area contributed by atoms with E-state index in [4.69, 9.17) is 9.36 Å². The zero-order valence-corrected chi connectivity index (χ0v) is 17.6. The summed E-state index contributed by atoms with van der Waals surface area (Å²) in [5, 5.41) is 7.95. The van der Waals surface area contributed by atoms with Gasteiger partial charge in [0.05, 0.1) is 11.1 Å². The second-order valence-electron chi connectivity index (χ2n) is 7.32. The van der Waals surface area contributed by atoms with Gasteiger partial charge in [-0.1, -0.05) is 88.2 Å². The van der Waals surface area contributed by atoms with Crippen molar-refractivity contribution in [2.75, 3.05) is 0 Å². The summed E-state index contributed by atoms with van der Waals surface area (Å²) in [5.41, 5.74) is 4.16. The number of oxime groups is 1. The maximum atomic E-state index is 13.3. The highest BCUT2D eigenvalue weighted by molar-refractivity contribution is 6.51. The monoisotopic (exact) mass is 424 g/mol. The topological polar surface area (TPSA) is 81.8 Å². The lowest BCUT2D eigenvalue weighted by Gasteiger charge is -2.06. The third-order valence-electron chi connectivity index (χ3n) is 4.91. The third-order valence-corrected chi connectivity index (χ3v) is 4.91. The molecule has 0 aliphatic heterocycles. The molecule has 32 heavy (non-hydrogen) atoms. The van der Waals surface area contributed by atoms with Gasteiger partial charge >= 0.3 is 5.97 Å².